The van der Waals surface area contributed by atoms with Crippen LogP contribution in [0.5, 0.6) is 0 Å². The third-order valence-corrected chi connectivity index (χ3v) is 5.69. The first-order valence-electron chi connectivity index (χ1n) is 9.01. The summed E-state index contributed by atoms with van der Waals surface area (Å²) in [7, 11) is 1.48. The zero-order valence-electron chi connectivity index (χ0n) is 13.7. The molecule has 0 aromatic rings. The van der Waals surface area contributed by atoms with Crippen molar-refractivity contribution in [2.75, 3.05) is 7.11 Å². The van der Waals surface area contributed by atoms with Crippen molar-refractivity contribution in [2.24, 2.45) is 17.6 Å². The van der Waals surface area contributed by atoms with Crippen molar-refractivity contribution >= 4 is 5.97 Å². The van der Waals surface area contributed by atoms with Gasteiger partial charge in [0.05, 0.1) is 7.11 Å². The number of rotatable bonds is 6. The van der Waals surface area contributed by atoms with Crippen LogP contribution in [0, 0.1) is 11.8 Å². The van der Waals surface area contributed by atoms with Crippen LogP contribution < -0.4 is 5.73 Å². The number of carbonyl (C=O) groups is 1. The average Bonchev–Trinajstić information content (AvgIpc) is 2.54. The molecule has 0 amide bonds. The van der Waals surface area contributed by atoms with E-state index in [-0.39, 0.29) is 5.97 Å². The van der Waals surface area contributed by atoms with Gasteiger partial charge < -0.3 is 10.5 Å². The molecule has 1 atom stereocenters. The van der Waals surface area contributed by atoms with Gasteiger partial charge in [0.2, 0.25) is 0 Å². The Labute approximate surface area is 130 Å². The van der Waals surface area contributed by atoms with Gasteiger partial charge in [0.1, 0.15) is 5.54 Å². The standard InChI is InChI=1S/C18H33NO2/c1-21-17(20)18(19,14-16-10-6-3-7-11-16)13-12-15-8-4-2-5-9-15/h15-16H,2-14,19H2,1H3/t18-/m1/s1. The number of carbonyl (C=O) groups excluding carboxylic acids is 1. The van der Waals surface area contributed by atoms with E-state index in [9.17, 15) is 4.79 Å². The second-order valence-corrected chi connectivity index (χ2v) is 7.40. The SMILES string of the molecule is COC(=O)[C@@](N)(CCC1CCCCC1)CC1CCCCC1. The molecule has 3 heteroatoms. The molecule has 122 valence electrons. The lowest BCUT2D eigenvalue weighted by atomic mass is 9.75. The van der Waals surface area contributed by atoms with Crippen LogP contribution in [0.25, 0.3) is 0 Å². The summed E-state index contributed by atoms with van der Waals surface area (Å²) in [6.45, 7) is 0. The molecular weight excluding hydrogens is 262 g/mol. The molecular formula is C18H33NO2. The van der Waals surface area contributed by atoms with E-state index in [0.717, 1.165) is 25.2 Å². The van der Waals surface area contributed by atoms with Crippen molar-refractivity contribution in [2.45, 2.75) is 89.0 Å². The molecule has 2 fully saturated rings. The van der Waals surface area contributed by atoms with Crippen molar-refractivity contribution in [1.82, 2.24) is 0 Å². The van der Waals surface area contributed by atoms with Gasteiger partial charge in [0.25, 0.3) is 0 Å². The molecule has 0 aromatic heterocycles. The minimum Gasteiger partial charge on any atom is -0.468 e. The summed E-state index contributed by atoms with van der Waals surface area (Å²) in [5.74, 6) is 1.20. The first-order valence-corrected chi connectivity index (χ1v) is 9.01. The van der Waals surface area contributed by atoms with Crippen molar-refractivity contribution < 1.29 is 9.53 Å². The molecule has 0 radical (unpaired) electrons. The van der Waals surface area contributed by atoms with E-state index in [1.54, 1.807) is 0 Å². The highest BCUT2D eigenvalue weighted by molar-refractivity contribution is 5.80. The normalized spacial score (nSPS) is 24.5. The second kappa shape index (κ2) is 8.17. The molecule has 2 saturated carbocycles. The van der Waals surface area contributed by atoms with Crippen molar-refractivity contribution in [3.05, 3.63) is 0 Å². The summed E-state index contributed by atoms with van der Waals surface area (Å²) >= 11 is 0. The van der Waals surface area contributed by atoms with Gasteiger partial charge in [-0.25, -0.2) is 0 Å². The fraction of sp³-hybridized carbons (Fsp3) is 0.944. The zero-order chi connectivity index (χ0) is 15.1. The lowest BCUT2D eigenvalue weighted by Gasteiger charge is -2.34. The number of esters is 1. The maximum absolute atomic E-state index is 12.2. The first kappa shape index (κ1) is 16.8. The van der Waals surface area contributed by atoms with Gasteiger partial charge in [-0.2, -0.15) is 0 Å². The van der Waals surface area contributed by atoms with Crippen LogP contribution in [0.3, 0.4) is 0 Å². The molecule has 2 N–H and O–H groups in total. The monoisotopic (exact) mass is 295 g/mol. The summed E-state index contributed by atoms with van der Waals surface area (Å²) in [6.07, 6.45) is 15.9. The highest BCUT2D eigenvalue weighted by Crippen LogP contribution is 2.35. The van der Waals surface area contributed by atoms with Crippen LogP contribution in [-0.2, 0) is 9.53 Å². The molecule has 0 heterocycles. The molecule has 3 nitrogen and oxygen atoms in total. The van der Waals surface area contributed by atoms with Crippen LogP contribution >= 0.6 is 0 Å². The maximum Gasteiger partial charge on any atom is 0.325 e. The van der Waals surface area contributed by atoms with Gasteiger partial charge >= 0.3 is 5.97 Å². The summed E-state index contributed by atoms with van der Waals surface area (Å²) in [4.78, 5) is 12.2. The van der Waals surface area contributed by atoms with Crippen LogP contribution in [0.15, 0.2) is 0 Å². The quantitative estimate of drug-likeness (QED) is 0.748. The fourth-order valence-corrected chi connectivity index (χ4v) is 4.33. The maximum atomic E-state index is 12.2. The Kier molecular flexibility index (Phi) is 6.53. The minimum atomic E-state index is -0.742. The van der Waals surface area contributed by atoms with Gasteiger partial charge in [-0.05, 0) is 31.1 Å². The molecule has 0 unspecified atom stereocenters. The van der Waals surface area contributed by atoms with Gasteiger partial charge in [-0.15, -0.1) is 0 Å². The third kappa shape index (κ3) is 4.98. The number of hydrogen-bond donors (Lipinski definition) is 1. The van der Waals surface area contributed by atoms with Crippen LogP contribution in [0.4, 0.5) is 0 Å². The molecule has 0 saturated heterocycles. The largest absolute Gasteiger partial charge is 0.468 e. The van der Waals surface area contributed by atoms with E-state index < -0.39 is 5.54 Å². The average molecular weight is 295 g/mol. The number of methoxy groups -OCH3 is 1. The van der Waals surface area contributed by atoms with Crippen LogP contribution in [-0.4, -0.2) is 18.6 Å². The molecule has 0 aromatic carbocycles. The molecule has 0 aliphatic heterocycles. The van der Waals surface area contributed by atoms with E-state index >= 15 is 0 Å². The smallest absolute Gasteiger partial charge is 0.325 e. The topological polar surface area (TPSA) is 52.3 Å². The number of ether oxygens (including phenoxy) is 1. The second-order valence-electron chi connectivity index (χ2n) is 7.40. The predicted octanol–water partition coefficient (Wildman–Crippen LogP) is 4.19. The third-order valence-electron chi connectivity index (χ3n) is 5.69. The van der Waals surface area contributed by atoms with Crippen LogP contribution in [0.1, 0.15) is 83.5 Å². The highest BCUT2D eigenvalue weighted by atomic mass is 16.5. The predicted molar refractivity (Wildman–Crippen MR) is 85.9 cm³/mol. The summed E-state index contributed by atoms with van der Waals surface area (Å²) in [5, 5.41) is 0. The zero-order valence-corrected chi connectivity index (χ0v) is 13.7. The summed E-state index contributed by atoms with van der Waals surface area (Å²) < 4.78 is 5.03. The lowest BCUT2D eigenvalue weighted by molar-refractivity contribution is -0.148. The van der Waals surface area contributed by atoms with E-state index in [1.165, 1.54) is 71.3 Å². The van der Waals surface area contributed by atoms with Crippen molar-refractivity contribution in [3.63, 3.8) is 0 Å². The molecule has 2 aliphatic carbocycles. The van der Waals surface area contributed by atoms with Crippen molar-refractivity contribution in [3.8, 4) is 0 Å². The highest BCUT2D eigenvalue weighted by Gasteiger charge is 2.38. The fourth-order valence-electron chi connectivity index (χ4n) is 4.33. The Morgan fingerprint density at radius 3 is 2.05 bits per heavy atom. The van der Waals surface area contributed by atoms with E-state index in [1.807, 2.05) is 0 Å². The Bertz CT molecular complexity index is 319. The molecule has 0 spiro atoms. The molecule has 21 heavy (non-hydrogen) atoms. The van der Waals surface area contributed by atoms with Gasteiger partial charge in [-0.1, -0.05) is 64.2 Å². The molecule has 2 rings (SSSR count). The van der Waals surface area contributed by atoms with Crippen LogP contribution in [0.2, 0.25) is 0 Å². The van der Waals surface area contributed by atoms with E-state index in [2.05, 4.69) is 0 Å². The van der Waals surface area contributed by atoms with Gasteiger partial charge in [0.15, 0.2) is 0 Å². The molecule has 0 bridgehead atoms. The summed E-state index contributed by atoms with van der Waals surface area (Å²) in [5.41, 5.74) is 5.78. The molecule has 2 aliphatic rings. The van der Waals surface area contributed by atoms with E-state index in [4.69, 9.17) is 10.5 Å². The Morgan fingerprint density at radius 1 is 1.00 bits per heavy atom. The Hall–Kier alpha value is -0.570. The number of nitrogens with two attached hydrogens (primary N) is 1. The van der Waals surface area contributed by atoms with Gasteiger partial charge in [-0.3, -0.25) is 4.79 Å². The van der Waals surface area contributed by atoms with Crippen molar-refractivity contribution in [1.29, 1.82) is 0 Å². The Morgan fingerprint density at radius 2 is 1.52 bits per heavy atom. The minimum absolute atomic E-state index is 0.191. The number of hydrogen-bond acceptors (Lipinski definition) is 3. The summed E-state index contributed by atoms with van der Waals surface area (Å²) in [6, 6.07) is 0. The van der Waals surface area contributed by atoms with E-state index in [0.29, 0.717) is 5.92 Å². The Balaban J connectivity index is 1.89. The lowest BCUT2D eigenvalue weighted by Crippen LogP contribution is -2.50. The first-order chi connectivity index (χ1) is 10.1. The van der Waals surface area contributed by atoms with Gasteiger partial charge in [0, 0.05) is 0 Å².